The third-order valence-electron chi connectivity index (χ3n) is 3.74. The first-order chi connectivity index (χ1) is 13.7. The van der Waals surface area contributed by atoms with Gasteiger partial charge in [-0.1, -0.05) is 58.8 Å². The summed E-state index contributed by atoms with van der Waals surface area (Å²) in [5, 5.41) is 7.67. The summed E-state index contributed by atoms with van der Waals surface area (Å²) in [6.45, 7) is 0.593. The van der Waals surface area contributed by atoms with Crippen LogP contribution in [0.4, 0.5) is 8.78 Å². The van der Waals surface area contributed by atoms with Crippen molar-refractivity contribution in [3.05, 3.63) is 107 Å². The number of benzene rings is 3. The van der Waals surface area contributed by atoms with E-state index < -0.39 is 0 Å². The van der Waals surface area contributed by atoms with E-state index in [0.29, 0.717) is 24.3 Å². The van der Waals surface area contributed by atoms with Crippen LogP contribution in [0.25, 0.3) is 0 Å². The maximum atomic E-state index is 13.1. The highest BCUT2D eigenvalue weighted by Gasteiger charge is 1.97. The second kappa shape index (κ2) is 9.97. The number of nitrogens with zero attached hydrogens (tertiary/aromatic N) is 2. The van der Waals surface area contributed by atoms with Gasteiger partial charge in [0, 0.05) is 0 Å². The summed E-state index contributed by atoms with van der Waals surface area (Å²) in [6, 6.07) is 19.8. The van der Waals surface area contributed by atoms with Crippen LogP contribution in [0.15, 0.2) is 83.1 Å². The first-order valence-electron chi connectivity index (χ1n) is 8.59. The molecular weight excluding hydrogens is 362 g/mol. The van der Waals surface area contributed by atoms with Gasteiger partial charge in [0.1, 0.15) is 24.8 Å². The molecule has 0 saturated carbocycles. The van der Waals surface area contributed by atoms with Crippen LogP contribution in [0.1, 0.15) is 22.3 Å². The Kier molecular flexibility index (Phi) is 6.84. The Balaban J connectivity index is 1.42. The zero-order chi connectivity index (χ0) is 19.6. The van der Waals surface area contributed by atoms with Crippen molar-refractivity contribution < 1.29 is 18.5 Å². The molecular formula is C22H18F2N2O2. The monoisotopic (exact) mass is 380 g/mol. The Morgan fingerprint density at radius 1 is 0.643 bits per heavy atom. The highest BCUT2D eigenvalue weighted by Crippen LogP contribution is 2.08. The van der Waals surface area contributed by atoms with E-state index in [1.54, 1.807) is 24.3 Å². The summed E-state index contributed by atoms with van der Waals surface area (Å²) in [7, 11) is 0. The Bertz CT molecular complexity index is 878. The topological polar surface area (TPSA) is 43.2 Å². The van der Waals surface area contributed by atoms with E-state index in [2.05, 4.69) is 10.3 Å². The van der Waals surface area contributed by atoms with Gasteiger partial charge >= 0.3 is 0 Å². The van der Waals surface area contributed by atoms with E-state index in [0.717, 1.165) is 11.1 Å². The van der Waals surface area contributed by atoms with Crippen LogP contribution in [-0.2, 0) is 22.9 Å². The van der Waals surface area contributed by atoms with Crippen LogP contribution < -0.4 is 0 Å². The molecule has 3 aromatic carbocycles. The fourth-order valence-electron chi connectivity index (χ4n) is 2.33. The molecule has 142 valence electrons. The second-order valence-electron chi connectivity index (χ2n) is 5.94. The molecule has 6 heteroatoms. The van der Waals surface area contributed by atoms with Gasteiger partial charge in [-0.05, 0) is 46.5 Å². The molecule has 0 N–H and O–H groups in total. The summed E-state index contributed by atoms with van der Waals surface area (Å²) in [5.74, 6) is -0.635. The van der Waals surface area contributed by atoms with E-state index in [4.69, 9.17) is 9.68 Å². The molecule has 0 amide bonds. The molecule has 28 heavy (non-hydrogen) atoms. The highest BCUT2D eigenvalue weighted by molar-refractivity contribution is 5.79. The van der Waals surface area contributed by atoms with Gasteiger partial charge in [-0.15, -0.1) is 0 Å². The third-order valence-corrected chi connectivity index (χ3v) is 3.74. The highest BCUT2D eigenvalue weighted by atomic mass is 19.1. The van der Waals surface area contributed by atoms with Gasteiger partial charge in [0.15, 0.2) is 0 Å². The first-order valence-corrected chi connectivity index (χ1v) is 8.59. The minimum atomic E-state index is -0.318. The molecule has 0 radical (unpaired) electrons. The maximum Gasteiger partial charge on any atom is 0.142 e. The molecule has 0 aliphatic heterocycles. The van der Waals surface area contributed by atoms with Crippen molar-refractivity contribution in [1.29, 1.82) is 0 Å². The van der Waals surface area contributed by atoms with Crippen LogP contribution in [0, 0.1) is 11.6 Å². The Morgan fingerprint density at radius 3 is 1.46 bits per heavy atom. The molecule has 4 nitrogen and oxygen atoms in total. The van der Waals surface area contributed by atoms with Gasteiger partial charge in [-0.25, -0.2) is 8.78 Å². The molecule has 0 bridgehead atoms. The van der Waals surface area contributed by atoms with Crippen LogP contribution in [0.2, 0.25) is 0 Å². The lowest BCUT2D eigenvalue weighted by atomic mass is 10.1. The average molecular weight is 380 g/mol. The predicted octanol–water partition coefficient (Wildman–Crippen LogP) is 5.07. The second-order valence-corrected chi connectivity index (χ2v) is 5.94. The van der Waals surface area contributed by atoms with Crippen molar-refractivity contribution in [1.82, 2.24) is 0 Å². The van der Waals surface area contributed by atoms with Crippen LogP contribution in [0.5, 0.6) is 0 Å². The van der Waals surface area contributed by atoms with Crippen molar-refractivity contribution in [2.45, 2.75) is 13.2 Å². The average Bonchev–Trinajstić information content (AvgIpc) is 2.70. The van der Waals surface area contributed by atoms with E-state index in [-0.39, 0.29) is 11.6 Å². The first kappa shape index (κ1) is 19.2. The summed E-state index contributed by atoms with van der Waals surface area (Å²) >= 11 is 0. The zero-order valence-electron chi connectivity index (χ0n) is 15.0. The number of halogens is 2. The van der Waals surface area contributed by atoms with Gasteiger partial charge in [0.25, 0.3) is 0 Å². The molecule has 0 aliphatic rings. The Hall–Kier alpha value is -3.54. The van der Waals surface area contributed by atoms with Crippen molar-refractivity contribution in [3.8, 4) is 0 Å². The molecule has 0 saturated heterocycles. The van der Waals surface area contributed by atoms with Gasteiger partial charge < -0.3 is 9.68 Å². The Labute approximate surface area is 161 Å². The SMILES string of the molecule is Fc1cccc(/C=N\OCc2ccc(CO/N=C\c3cccc(F)c3)cc2)c1. The Morgan fingerprint density at radius 2 is 1.07 bits per heavy atom. The fourth-order valence-corrected chi connectivity index (χ4v) is 2.33. The molecule has 0 aromatic heterocycles. The summed E-state index contributed by atoms with van der Waals surface area (Å²) < 4.78 is 26.1. The van der Waals surface area contributed by atoms with E-state index in [1.807, 2.05) is 24.3 Å². The molecule has 0 unspecified atom stereocenters. The van der Waals surface area contributed by atoms with Crippen molar-refractivity contribution in [3.63, 3.8) is 0 Å². The van der Waals surface area contributed by atoms with Crippen molar-refractivity contribution in [2.24, 2.45) is 10.3 Å². The summed E-state index contributed by atoms with van der Waals surface area (Å²) in [6.07, 6.45) is 2.92. The van der Waals surface area contributed by atoms with Crippen molar-refractivity contribution >= 4 is 12.4 Å². The number of hydrogen-bond donors (Lipinski definition) is 0. The minimum Gasteiger partial charge on any atom is -0.391 e. The lowest BCUT2D eigenvalue weighted by Gasteiger charge is -2.03. The molecule has 3 rings (SSSR count). The molecule has 0 fully saturated rings. The normalized spacial score (nSPS) is 11.2. The van der Waals surface area contributed by atoms with Gasteiger partial charge in [0.2, 0.25) is 0 Å². The van der Waals surface area contributed by atoms with Crippen LogP contribution >= 0.6 is 0 Å². The maximum absolute atomic E-state index is 13.1. The molecule has 0 atom stereocenters. The minimum absolute atomic E-state index is 0.296. The third kappa shape index (κ3) is 6.32. The van der Waals surface area contributed by atoms with Gasteiger partial charge in [-0.2, -0.15) is 0 Å². The molecule has 3 aromatic rings. The number of hydrogen-bond acceptors (Lipinski definition) is 4. The summed E-state index contributed by atoms with van der Waals surface area (Å²) in [5.41, 5.74) is 3.13. The van der Waals surface area contributed by atoms with Gasteiger partial charge in [0.05, 0.1) is 12.4 Å². The zero-order valence-corrected chi connectivity index (χ0v) is 15.0. The standard InChI is InChI=1S/C22H18F2N2O2/c23-21-5-1-3-19(11-21)13-25-27-15-17-7-9-18(10-8-17)16-28-26-14-20-4-2-6-22(24)12-20/h1-14H,15-16H2/b25-13-,26-14-. The van der Waals surface area contributed by atoms with E-state index >= 15 is 0 Å². The molecule has 0 spiro atoms. The number of oxime groups is 2. The van der Waals surface area contributed by atoms with Crippen molar-refractivity contribution in [2.75, 3.05) is 0 Å². The molecule has 0 heterocycles. The van der Waals surface area contributed by atoms with E-state index in [9.17, 15) is 8.78 Å². The predicted molar refractivity (Wildman–Crippen MR) is 104 cm³/mol. The molecule has 0 aliphatic carbocycles. The van der Waals surface area contributed by atoms with Gasteiger partial charge in [-0.3, -0.25) is 0 Å². The fraction of sp³-hybridized carbons (Fsp3) is 0.0909. The van der Waals surface area contributed by atoms with Crippen LogP contribution in [0.3, 0.4) is 0 Å². The largest absolute Gasteiger partial charge is 0.391 e. The summed E-state index contributed by atoms with van der Waals surface area (Å²) in [4.78, 5) is 10.4. The van der Waals surface area contributed by atoms with Crippen LogP contribution in [-0.4, -0.2) is 12.4 Å². The lowest BCUT2D eigenvalue weighted by Crippen LogP contribution is -1.92. The quantitative estimate of drug-likeness (QED) is 0.405. The number of rotatable bonds is 8. The smallest absolute Gasteiger partial charge is 0.142 e. The lowest BCUT2D eigenvalue weighted by molar-refractivity contribution is 0.130. The van der Waals surface area contributed by atoms with E-state index in [1.165, 1.54) is 36.7 Å².